The molecule has 0 spiro atoms. The number of nitrogens with zero attached hydrogens (tertiary/aromatic N) is 9. The molecule has 7 rings (SSSR count). The second-order valence-corrected chi connectivity index (χ2v) is 13.7. The van der Waals surface area contributed by atoms with Gasteiger partial charge in [-0.05, 0) is 79.8 Å². The highest BCUT2D eigenvalue weighted by Gasteiger charge is 2.35. The lowest BCUT2D eigenvalue weighted by Crippen LogP contribution is -2.46. The van der Waals surface area contributed by atoms with Crippen LogP contribution in [0.4, 0.5) is 17.3 Å². The van der Waals surface area contributed by atoms with E-state index in [0.29, 0.717) is 30.0 Å². The molecule has 47 heavy (non-hydrogen) atoms. The number of carbonyl (C=O) groups is 2. The lowest BCUT2D eigenvalue weighted by molar-refractivity contribution is -0.129. The highest BCUT2D eigenvalue weighted by Crippen LogP contribution is 2.40. The summed E-state index contributed by atoms with van der Waals surface area (Å²) in [7, 11) is 0. The molecule has 0 saturated carbocycles. The van der Waals surface area contributed by atoms with E-state index in [0.717, 1.165) is 102 Å². The van der Waals surface area contributed by atoms with Crippen molar-refractivity contribution >= 4 is 29.2 Å². The van der Waals surface area contributed by atoms with Crippen molar-refractivity contribution in [2.75, 3.05) is 55.6 Å². The number of fused-ring (bicyclic) bond motifs is 2. The van der Waals surface area contributed by atoms with Gasteiger partial charge >= 0.3 is 5.97 Å². The first-order valence-corrected chi connectivity index (χ1v) is 17.0. The number of aryl methyl sites for hydroxylation is 1. The van der Waals surface area contributed by atoms with Crippen molar-refractivity contribution in [2.45, 2.75) is 65.0 Å². The number of piperidine rings is 2. The SMILES string of the molecule is CC(=O)N1CCc2c(c(N3CCCc4cc(C#N)ccc43)nn2C2CCN(C[C@H]3CCN(c4ccc(C(=O)O)nn4)C[C@@H]3C)CC2)C1. The van der Waals surface area contributed by atoms with Crippen LogP contribution in [0, 0.1) is 23.2 Å². The second-order valence-electron chi connectivity index (χ2n) is 13.7. The van der Waals surface area contributed by atoms with Crippen LogP contribution >= 0.6 is 0 Å². The molecule has 2 atom stereocenters. The Hall–Kier alpha value is -4.50. The Balaban J connectivity index is 1.03. The molecule has 1 aromatic carbocycles. The molecule has 4 aliphatic rings. The molecule has 6 heterocycles. The van der Waals surface area contributed by atoms with Crippen LogP contribution in [0.25, 0.3) is 0 Å². The van der Waals surface area contributed by atoms with Crippen LogP contribution in [-0.4, -0.2) is 92.6 Å². The molecule has 3 aromatic rings. The number of benzene rings is 1. The molecule has 1 amide bonds. The summed E-state index contributed by atoms with van der Waals surface area (Å²) in [5, 5.41) is 32.0. The van der Waals surface area contributed by atoms with Gasteiger partial charge in [0.05, 0.1) is 24.2 Å². The van der Waals surface area contributed by atoms with Gasteiger partial charge in [0.1, 0.15) is 0 Å². The fourth-order valence-electron chi connectivity index (χ4n) is 8.06. The monoisotopic (exact) mass is 637 g/mol. The van der Waals surface area contributed by atoms with Crippen LogP contribution in [0.3, 0.4) is 0 Å². The van der Waals surface area contributed by atoms with Crippen molar-refractivity contribution < 1.29 is 14.7 Å². The van der Waals surface area contributed by atoms with E-state index < -0.39 is 5.97 Å². The minimum absolute atomic E-state index is 0.0306. The van der Waals surface area contributed by atoms with E-state index in [4.69, 9.17) is 10.2 Å². The van der Waals surface area contributed by atoms with Crippen LogP contribution in [0.15, 0.2) is 30.3 Å². The first-order valence-electron chi connectivity index (χ1n) is 17.0. The van der Waals surface area contributed by atoms with Gasteiger partial charge in [0.2, 0.25) is 5.91 Å². The van der Waals surface area contributed by atoms with Crippen LogP contribution in [0.2, 0.25) is 0 Å². The van der Waals surface area contributed by atoms with Crippen LogP contribution in [0.5, 0.6) is 0 Å². The van der Waals surface area contributed by atoms with Gasteiger partial charge in [-0.1, -0.05) is 6.92 Å². The summed E-state index contributed by atoms with van der Waals surface area (Å²) < 4.78 is 2.31. The number of carbonyl (C=O) groups excluding carboxylic acids is 1. The summed E-state index contributed by atoms with van der Waals surface area (Å²) in [5.41, 5.74) is 5.43. The number of nitriles is 1. The first-order chi connectivity index (χ1) is 22.8. The normalized spacial score (nSPS) is 22.0. The van der Waals surface area contributed by atoms with Crippen molar-refractivity contribution in [3.8, 4) is 6.07 Å². The molecule has 1 N–H and O–H groups in total. The maximum absolute atomic E-state index is 12.4. The predicted molar refractivity (Wildman–Crippen MR) is 177 cm³/mol. The smallest absolute Gasteiger partial charge is 0.356 e. The Labute approximate surface area is 275 Å². The number of anilines is 3. The fourth-order valence-corrected chi connectivity index (χ4v) is 8.06. The molecule has 2 aromatic heterocycles. The fraction of sp³-hybridized carbons (Fsp3) is 0.543. The second kappa shape index (κ2) is 13.0. The summed E-state index contributed by atoms with van der Waals surface area (Å²) in [6.45, 7) is 11.1. The number of hydrogen-bond donors (Lipinski definition) is 1. The molecule has 0 aliphatic carbocycles. The minimum atomic E-state index is -1.06. The third-order valence-corrected chi connectivity index (χ3v) is 10.8. The number of aromatic nitrogens is 4. The number of carboxylic acid groups (broad SMARTS) is 1. The van der Waals surface area contributed by atoms with Crippen LogP contribution < -0.4 is 9.80 Å². The zero-order chi connectivity index (χ0) is 32.7. The number of likely N-dealkylation sites (tertiary alicyclic amines) is 1. The zero-order valence-corrected chi connectivity index (χ0v) is 27.3. The minimum Gasteiger partial charge on any atom is -0.476 e. The average molecular weight is 638 g/mol. The Bertz CT molecular complexity index is 1690. The van der Waals surface area contributed by atoms with Crippen LogP contribution in [-0.2, 0) is 24.2 Å². The average Bonchev–Trinajstić information content (AvgIpc) is 3.47. The van der Waals surface area contributed by atoms with E-state index >= 15 is 0 Å². The van der Waals surface area contributed by atoms with E-state index in [1.807, 2.05) is 17.0 Å². The van der Waals surface area contributed by atoms with Crippen LogP contribution in [0.1, 0.15) is 78.4 Å². The lowest BCUT2D eigenvalue weighted by Gasteiger charge is -2.41. The van der Waals surface area contributed by atoms with Crippen molar-refractivity contribution in [1.29, 1.82) is 5.26 Å². The van der Waals surface area contributed by atoms with Crippen molar-refractivity contribution in [2.24, 2.45) is 11.8 Å². The molecule has 12 nitrogen and oxygen atoms in total. The van der Waals surface area contributed by atoms with E-state index in [1.54, 1.807) is 13.0 Å². The first kappa shape index (κ1) is 31.1. The van der Waals surface area contributed by atoms with Gasteiger partial charge in [0, 0.05) is 76.1 Å². The topological polar surface area (TPSA) is 135 Å². The number of aromatic carboxylic acids is 1. The third-order valence-electron chi connectivity index (χ3n) is 10.8. The zero-order valence-electron chi connectivity index (χ0n) is 27.3. The molecule has 2 saturated heterocycles. The largest absolute Gasteiger partial charge is 0.476 e. The Morgan fingerprint density at radius 2 is 1.85 bits per heavy atom. The highest BCUT2D eigenvalue weighted by atomic mass is 16.4. The summed E-state index contributed by atoms with van der Waals surface area (Å²) in [4.78, 5) is 32.7. The number of rotatable bonds is 6. The van der Waals surface area contributed by atoms with Crippen molar-refractivity contribution in [3.63, 3.8) is 0 Å². The maximum Gasteiger partial charge on any atom is 0.356 e. The molecule has 0 radical (unpaired) electrons. The van der Waals surface area contributed by atoms with E-state index in [9.17, 15) is 14.9 Å². The predicted octanol–water partition coefficient (Wildman–Crippen LogP) is 4.03. The van der Waals surface area contributed by atoms with E-state index in [2.05, 4.69) is 48.6 Å². The molecular weight excluding hydrogens is 594 g/mol. The Morgan fingerprint density at radius 1 is 1.02 bits per heavy atom. The summed E-state index contributed by atoms with van der Waals surface area (Å²) in [6.07, 6.45) is 5.93. The Morgan fingerprint density at radius 3 is 2.55 bits per heavy atom. The van der Waals surface area contributed by atoms with Gasteiger partial charge in [0.15, 0.2) is 17.3 Å². The van der Waals surface area contributed by atoms with E-state index in [1.165, 1.54) is 22.9 Å². The van der Waals surface area contributed by atoms with Crippen molar-refractivity contribution in [1.82, 2.24) is 29.8 Å². The van der Waals surface area contributed by atoms with Gasteiger partial charge < -0.3 is 24.7 Å². The summed E-state index contributed by atoms with van der Waals surface area (Å²) in [5.74, 6) is 1.84. The quantitative estimate of drug-likeness (QED) is 0.422. The number of carboxylic acids is 1. The third kappa shape index (κ3) is 6.16. The maximum atomic E-state index is 12.4. The molecule has 246 valence electrons. The number of hydrogen-bond acceptors (Lipinski definition) is 9. The molecule has 4 aliphatic heterocycles. The summed E-state index contributed by atoms with van der Waals surface area (Å²) in [6, 6.07) is 11.9. The number of amides is 1. The van der Waals surface area contributed by atoms with Crippen molar-refractivity contribution in [3.05, 3.63) is 58.4 Å². The van der Waals surface area contributed by atoms with Gasteiger partial charge in [-0.3, -0.25) is 9.48 Å². The molecule has 0 bridgehead atoms. The summed E-state index contributed by atoms with van der Waals surface area (Å²) >= 11 is 0. The van der Waals surface area contributed by atoms with Gasteiger partial charge in [-0.25, -0.2) is 4.79 Å². The Kier molecular flexibility index (Phi) is 8.57. The van der Waals surface area contributed by atoms with E-state index in [-0.39, 0.29) is 11.6 Å². The molecule has 2 fully saturated rings. The lowest BCUT2D eigenvalue weighted by atomic mass is 9.86. The van der Waals surface area contributed by atoms with Gasteiger partial charge in [-0.15, -0.1) is 10.2 Å². The molecule has 0 unspecified atom stereocenters. The highest BCUT2D eigenvalue weighted by molar-refractivity contribution is 5.85. The standard InChI is InChI=1S/C35H43N9O3/c1-23-20-42(33-8-6-30(35(46)47)37-38-33)16-9-27(23)21-40-14-10-28(11-15-40)44-32-12-17-41(24(2)45)22-29(32)34(39-44)43-13-3-4-26-18-25(19-36)5-7-31(26)43/h5-8,18,23,27-28H,3-4,9-17,20-22H2,1-2H3,(H,46,47)/t23-,27+/m0/s1. The van der Waals surface area contributed by atoms with Gasteiger partial charge in [-0.2, -0.15) is 10.4 Å². The molecule has 12 heteroatoms. The molecular formula is C35H43N9O3. The van der Waals surface area contributed by atoms with Gasteiger partial charge in [0.25, 0.3) is 0 Å².